The van der Waals surface area contributed by atoms with Gasteiger partial charge < -0.3 is 10.5 Å². The van der Waals surface area contributed by atoms with Crippen LogP contribution in [0.3, 0.4) is 0 Å². The summed E-state index contributed by atoms with van der Waals surface area (Å²) in [7, 11) is 0. The van der Waals surface area contributed by atoms with Crippen molar-refractivity contribution in [2.45, 2.75) is 26.7 Å². The zero-order chi connectivity index (χ0) is 7.98. The van der Waals surface area contributed by atoms with E-state index in [1.54, 1.807) is 0 Å². The fraction of sp³-hybridized carbons (Fsp3) is 0.857. The Morgan fingerprint density at radius 3 is 2.70 bits per heavy atom. The van der Waals surface area contributed by atoms with Crippen LogP contribution in [0.5, 0.6) is 0 Å². The maximum atomic E-state index is 5.13. The van der Waals surface area contributed by atoms with Crippen molar-refractivity contribution in [1.29, 1.82) is 0 Å². The summed E-state index contributed by atoms with van der Waals surface area (Å²) in [5, 5.41) is 0.156. The number of thiocarbonyl (C=S) groups is 1. The van der Waals surface area contributed by atoms with E-state index in [4.69, 9.17) is 10.5 Å². The Labute approximate surface area is 67.7 Å². The van der Waals surface area contributed by atoms with E-state index in [0.29, 0.717) is 12.5 Å². The van der Waals surface area contributed by atoms with Crippen molar-refractivity contribution in [3.8, 4) is 0 Å². The lowest BCUT2D eigenvalue weighted by Crippen LogP contribution is -2.14. The fourth-order valence-electron chi connectivity index (χ4n) is 0.565. The number of ether oxygens (including phenoxy) is 1. The van der Waals surface area contributed by atoms with Gasteiger partial charge in [-0.1, -0.05) is 20.3 Å². The average molecular weight is 161 g/mol. The molecule has 1 unspecified atom stereocenters. The summed E-state index contributed by atoms with van der Waals surface area (Å²) in [6.07, 6.45) is 2.22. The van der Waals surface area contributed by atoms with E-state index in [2.05, 4.69) is 26.1 Å². The van der Waals surface area contributed by atoms with E-state index >= 15 is 0 Å². The predicted molar refractivity (Wildman–Crippen MR) is 46.8 cm³/mol. The Morgan fingerprint density at radius 1 is 1.70 bits per heavy atom. The first-order valence-electron chi connectivity index (χ1n) is 3.59. The smallest absolute Gasteiger partial charge is 0.253 e. The second kappa shape index (κ2) is 5.47. The molecule has 0 rings (SSSR count). The van der Waals surface area contributed by atoms with Gasteiger partial charge in [-0.05, 0) is 24.6 Å². The highest BCUT2D eigenvalue weighted by Crippen LogP contribution is 2.05. The van der Waals surface area contributed by atoms with Gasteiger partial charge in [0.25, 0.3) is 5.17 Å². The number of hydrogen-bond donors (Lipinski definition) is 1. The first-order chi connectivity index (χ1) is 4.66. The maximum Gasteiger partial charge on any atom is 0.253 e. The summed E-state index contributed by atoms with van der Waals surface area (Å²) in [4.78, 5) is 0. The van der Waals surface area contributed by atoms with E-state index in [9.17, 15) is 0 Å². The van der Waals surface area contributed by atoms with Crippen molar-refractivity contribution in [2.75, 3.05) is 6.61 Å². The Balaban J connectivity index is 3.11. The highest BCUT2D eigenvalue weighted by Gasteiger charge is 1.98. The van der Waals surface area contributed by atoms with Crippen LogP contribution in [0.1, 0.15) is 26.7 Å². The number of hydrogen-bond acceptors (Lipinski definition) is 2. The fourth-order valence-corrected chi connectivity index (χ4v) is 0.648. The lowest BCUT2D eigenvalue weighted by Gasteiger charge is -2.07. The molecule has 0 aliphatic heterocycles. The molecule has 0 aromatic heterocycles. The van der Waals surface area contributed by atoms with E-state index in [-0.39, 0.29) is 5.17 Å². The van der Waals surface area contributed by atoms with Crippen LogP contribution >= 0.6 is 12.2 Å². The monoisotopic (exact) mass is 161 g/mol. The standard InChI is InChI=1S/C7H15NOS/c1-3-6(2)4-5-9-7(8)10/h6H,3-5H2,1-2H3,(H2,8,10). The minimum atomic E-state index is 0.156. The molecule has 0 radical (unpaired) electrons. The third-order valence-electron chi connectivity index (χ3n) is 1.55. The lowest BCUT2D eigenvalue weighted by atomic mass is 10.1. The second-order valence-corrected chi connectivity index (χ2v) is 2.87. The van der Waals surface area contributed by atoms with Crippen molar-refractivity contribution in [1.82, 2.24) is 0 Å². The third kappa shape index (κ3) is 5.82. The zero-order valence-corrected chi connectivity index (χ0v) is 7.41. The van der Waals surface area contributed by atoms with Crippen LogP contribution < -0.4 is 5.73 Å². The summed E-state index contributed by atoms with van der Waals surface area (Å²) in [6, 6.07) is 0. The largest absolute Gasteiger partial charge is 0.471 e. The Kier molecular flexibility index (Phi) is 5.30. The van der Waals surface area contributed by atoms with Crippen LogP contribution in [0.2, 0.25) is 0 Å². The van der Waals surface area contributed by atoms with Gasteiger partial charge in [0.15, 0.2) is 0 Å². The van der Waals surface area contributed by atoms with Crippen molar-refractivity contribution in [3.05, 3.63) is 0 Å². The molecule has 2 N–H and O–H groups in total. The molecule has 0 aliphatic rings. The normalized spacial score (nSPS) is 12.6. The van der Waals surface area contributed by atoms with Crippen LogP contribution in [0.25, 0.3) is 0 Å². The molecule has 0 saturated carbocycles. The number of rotatable bonds is 4. The van der Waals surface area contributed by atoms with Gasteiger partial charge in [0.05, 0.1) is 6.61 Å². The van der Waals surface area contributed by atoms with Crippen molar-refractivity contribution < 1.29 is 4.74 Å². The van der Waals surface area contributed by atoms with Gasteiger partial charge in [0.2, 0.25) is 0 Å². The Bertz CT molecular complexity index is 106. The van der Waals surface area contributed by atoms with E-state index in [1.807, 2.05) is 0 Å². The summed E-state index contributed by atoms with van der Waals surface area (Å²) < 4.78 is 4.92. The molecular weight excluding hydrogens is 146 g/mol. The molecule has 0 fully saturated rings. The SMILES string of the molecule is CCC(C)CCOC(N)=S. The van der Waals surface area contributed by atoms with Crippen molar-refractivity contribution in [2.24, 2.45) is 11.7 Å². The highest BCUT2D eigenvalue weighted by atomic mass is 32.1. The summed E-state index contributed by atoms with van der Waals surface area (Å²) in [6.45, 7) is 5.00. The van der Waals surface area contributed by atoms with E-state index in [0.717, 1.165) is 6.42 Å². The first-order valence-corrected chi connectivity index (χ1v) is 3.99. The van der Waals surface area contributed by atoms with E-state index < -0.39 is 0 Å². The van der Waals surface area contributed by atoms with Crippen molar-refractivity contribution in [3.63, 3.8) is 0 Å². The van der Waals surface area contributed by atoms with Crippen LogP contribution in [0.15, 0.2) is 0 Å². The minimum absolute atomic E-state index is 0.156. The Morgan fingerprint density at radius 2 is 2.30 bits per heavy atom. The molecule has 0 bridgehead atoms. The molecule has 60 valence electrons. The molecule has 0 aromatic rings. The lowest BCUT2D eigenvalue weighted by molar-refractivity contribution is 0.273. The van der Waals surface area contributed by atoms with Gasteiger partial charge in [-0.15, -0.1) is 0 Å². The van der Waals surface area contributed by atoms with Gasteiger partial charge in [-0.2, -0.15) is 0 Å². The molecule has 2 nitrogen and oxygen atoms in total. The van der Waals surface area contributed by atoms with E-state index in [1.165, 1.54) is 6.42 Å². The number of nitrogens with two attached hydrogens (primary N) is 1. The summed E-state index contributed by atoms with van der Waals surface area (Å²) in [5.74, 6) is 0.703. The predicted octanol–water partition coefficient (Wildman–Crippen LogP) is 1.68. The summed E-state index contributed by atoms with van der Waals surface area (Å²) in [5.41, 5.74) is 5.13. The molecule has 0 amide bonds. The van der Waals surface area contributed by atoms with Crippen LogP contribution in [-0.2, 0) is 4.74 Å². The maximum absolute atomic E-state index is 5.13. The van der Waals surface area contributed by atoms with Gasteiger partial charge in [0, 0.05) is 0 Å². The average Bonchev–Trinajstić information content (AvgIpc) is 1.87. The molecule has 10 heavy (non-hydrogen) atoms. The molecule has 0 saturated heterocycles. The van der Waals surface area contributed by atoms with Gasteiger partial charge in [-0.25, -0.2) is 0 Å². The van der Waals surface area contributed by atoms with Gasteiger partial charge in [0.1, 0.15) is 0 Å². The van der Waals surface area contributed by atoms with Crippen LogP contribution in [-0.4, -0.2) is 11.8 Å². The molecule has 0 spiro atoms. The van der Waals surface area contributed by atoms with Gasteiger partial charge >= 0.3 is 0 Å². The molecular formula is C7H15NOS. The topological polar surface area (TPSA) is 35.2 Å². The van der Waals surface area contributed by atoms with Crippen LogP contribution in [0.4, 0.5) is 0 Å². The second-order valence-electron chi connectivity index (χ2n) is 2.47. The zero-order valence-electron chi connectivity index (χ0n) is 6.59. The molecule has 1 atom stereocenters. The van der Waals surface area contributed by atoms with Crippen LogP contribution in [0, 0.1) is 5.92 Å². The Hall–Kier alpha value is -0.310. The highest BCUT2D eigenvalue weighted by molar-refractivity contribution is 7.80. The van der Waals surface area contributed by atoms with Gasteiger partial charge in [-0.3, -0.25) is 0 Å². The molecule has 0 heterocycles. The molecule has 0 aliphatic carbocycles. The third-order valence-corrected chi connectivity index (χ3v) is 1.67. The quantitative estimate of drug-likeness (QED) is 0.637. The van der Waals surface area contributed by atoms with Crippen molar-refractivity contribution >= 4 is 17.4 Å². The first kappa shape index (κ1) is 9.69. The molecule has 3 heteroatoms. The summed E-state index contributed by atoms with van der Waals surface area (Å²) >= 11 is 4.54. The minimum Gasteiger partial charge on any atom is -0.471 e. The molecule has 0 aromatic carbocycles.